The average molecular weight is 382 g/mol. The van der Waals surface area contributed by atoms with Crippen LogP contribution in [0.2, 0.25) is 0 Å². The predicted molar refractivity (Wildman–Crippen MR) is 108 cm³/mol. The monoisotopic (exact) mass is 382 g/mol. The number of likely N-dealkylation sites (tertiary alicyclic amines) is 1. The number of ether oxygens (including phenoxy) is 1. The standard InChI is InChI=1S/C21H26N4O3/c1-28-21(27)25-12-6-8-16(14-25)22-20(26)17-13-15-7-2-3-9-18(15)23-19(17)24-10-4-5-11-24/h2-3,7,9,13,16H,4-6,8,10-12,14H2,1H3,(H,22,26)/t16-/m0/s1. The van der Waals surface area contributed by atoms with Gasteiger partial charge in [0.05, 0.1) is 18.2 Å². The molecule has 2 saturated heterocycles. The van der Waals surface area contributed by atoms with Crippen LogP contribution in [0.4, 0.5) is 10.6 Å². The van der Waals surface area contributed by atoms with E-state index in [1.807, 2.05) is 30.3 Å². The summed E-state index contributed by atoms with van der Waals surface area (Å²) in [6.07, 6.45) is 3.58. The van der Waals surface area contributed by atoms with Crippen molar-refractivity contribution in [2.75, 3.05) is 38.2 Å². The van der Waals surface area contributed by atoms with E-state index >= 15 is 0 Å². The SMILES string of the molecule is COC(=O)N1CCC[C@H](NC(=O)c2cc3ccccc3nc2N2CCCC2)C1. The highest BCUT2D eigenvalue weighted by molar-refractivity contribution is 6.02. The summed E-state index contributed by atoms with van der Waals surface area (Å²) < 4.78 is 4.82. The van der Waals surface area contributed by atoms with Gasteiger partial charge in [-0.05, 0) is 37.8 Å². The number of amides is 2. The number of benzene rings is 1. The highest BCUT2D eigenvalue weighted by Crippen LogP contribution is 2.27. The van der Waals surface area contributed by atoms with Gasteiger partial charge in [0.25, 0.3) is 5.91 Å². The third kappa shape index (κ3) is 3.74. The molecule has 2 amide bonds. The number of pyridine rings is 1. The number of fused-ring (bicyclic) bond motifs is 1. The molecule has 148 valence electrons. The van der Waals surface area contributed by atoms with Gasteiger partial charge in [0.2, 0.25) is 0 Å². The number of aromatic nitrogens is 1. The van der Waals surface area contributed by atoms with Gasteiger partial charge in [-0.1, -0.05) is 18.2 Å². The molecular formula is C21H26N4O3. The van der Waals surface area contributed by atoms with Gasteiger partial charge in [0, 0.05) is 37.6 Å². The van der Waals surface area contributed by atoms with E-state index in [0.717, 1.165) is 55.5 Å². The number of nitrogens with zero attached hydrogens (tertiary/aromatic N) is 3. The fourth-order valence-corrected chi connectivity index (χ4v) is 4.10. The maximum atomic E-state index is 13.2. The molecular weight excluding hydrogens is 356 g/mol. The van der Waals surface area contributed by atoms with Crippen molar-refractivity contribution in [1.82, 2.24) is 15.2 Å². The molecule has 4 rings (SSSR count). The number of hydrogen-bond donors (Lipinski definition) is 1. The van der Waals surface area contributed by atoms with Gasteiger partial charge < -0.3 is 19.9 Å². The van der Waals surface area contributed by atoms with Gasteiger partial charge in [0.15, 0.2) is 0 Å². The van der Waals surface area contributed by atoms with Gasteiger partial charge in [-0.3, -0.25) is 4.79 Å². The Morgan fingerprint density at radius 3 is 2.71 bits per heavy atom. The van der Waals surface area contributed by atoms with E-state index in [1.54, 1.807) is 4.90 Å². The minimum atomic E-state index is -0.343. The van der Waals surface area contributed by atoms with Crippen LogP contribution in [0.15, 0.2) is 30.3 Å². The zero-order chi connectivity index (χ0) is 19.5. The Bertz CT molecular complexity index is 879. The highest BCUT2D eigenvalue weighted by Gasteiger charge is 2.28. The number of nitrogens with one attached hydrogen (secondary N) is 1. The summed E-state index contributed by atoms with van der Waals surface area (Å²) in [5, 5.41) is 4.07. The summed E-state index contributed by atoms with van der Waals surface area (Å²) in [6, 6.07) is 9.73. The molecule has 0 saturated carbocycles. The quantitative estimate of drug-likeness (QED) is 0.884. The first kappa shape index (κ1) is 18.5. The number of carbonyl (C=O) groups is 2. The van der Waals surface area contributed by atoms with Gasteiger partial charge >= 0.3 is 6.09 Å². The third-order valence-corrected chi connectivity index (χ3v) is 5.54. The van der Waals surface area contributed by atoms with Crippen LogP contribution in [0.25, 0.3) is 10.9 Å². The van der Waals surface area contributed by atoms with Crippen molar-refractivity contribution in [3.8, 4) is 0 Å². The third-order valence-electron chi connectivity index (χ3n) is 5.54. The molecule has 0 spiro atoms. The minimum absolute atomic E-state index is 0.0850. The molecule has 2 aliphatic heterocycles. The predicted octanol–water partition coefficient (Wildman–Crippen LogP) is 2.80. The Balaban J connectivity index is 1.59. The lowest BCUT2D eigenvalue weighted by atomic mass is 10.0. The van der Waals surface area contributed by atoms with E-state index in [0.29, 0.717) is 18.7 Å². The number of piperidine rings is 1. The number of anilines is 1. The van der Waals surface area contributed by atoms with Crippen LogP contribution in [0.5, 0.6) is 0 Å². The van der Waals surface area contributed by atoms with Crippen molar-refractivity contribution >= 4 is 28.7 Å². The largest absolute Gasteiger partial charge is 0.453 e. The minimum Gasteiger partial charge on any atom is -0.453 e. The van der Waals surface area contributed by atoms with E-state index < -0.39 is 0 Å². The lowest BCUT2D eigenvalue weighted by molar-refractivity contribution is 0.0865. The lowest BCUT2D eigenvalue weighted by Crippen LogP contribution is -2.49. The Morgan fingerprint density at radius 1 is 1.14 bits per heavy atom. The normalized spacial score (nSPS) is 19.7. The molecule has 2 aromatic rings. The number of methoxy groups -OCH3 is 1. The molecule has 0 bridgehead atoms. The van der Waals surface area contributed by atoms with Crippen molar-refractivity contribution < 1.29 is 14.3 Å². The van der Waals surface area contributed by atoms with Crippen molar-refractivity contribution in [1.29, 1.82) is 0 Å². The molecule has 1 aromatic carbocycles. The van der Waals surface area contributed by atoms with E-state index in [9.17, 15) is 9.59 Å². The molecule has 0 radical (unpaired) electrons. The van der Waals surface area contributed by atoms with Crippen LogP contribution in [0.3, 0.4) is 0 Å². The summed E-state index contributed by atoms with van der Waals surface area (Å²) in [4.78, 5) is 33.6. The first-order valence-electron chi connectivity index (χ1n) is 9.94. The smallest absolute Gasteiger partial charge is 0.409 e. The van der Waals surface area contributed by atoms with Crippen molar-refractivity contribution in [2.24, 2.45) is 0 Å². The summed E-state index contributed by atoms with van der Waals surface area (Å²) in [6.45, 7) is 2.98. The molecule has 0 aliphatic carbocycles. The number of para-hydroxylation sites is 1. The topological polar surface area (TPSA) is 74.8 Å². The molecule has 1 atom stereocenters. The van der Waals surface area contributed by atoms with Gasteiger partial charge in [-0.2, -0.15) is 0 Å². The van der Waals surface area contributed by atoms with Crippen LogP contribution in [0.1, 0.15) is 36.0 Å². The maximum absolute atomic E-state index is 13.2. The first-order chi connectivity index (χ1) is 13.7. The van der Waals surface area contributed by atoms with Crippen LogP contribution < -0.4 is 10.2 Å². The van der Waals surface area contributed by atoms with E-state index in [4.69, 9.17) is 9.72 Å². The highest BCUT2D eigenvalue weighted by atomic mass is 16.5. The molecule has 1 aromatic heterocycles. The Hall–Kier alpha value is -2.83. The second-order valence-electron chi connectivity index (χ2n) is 7.48. The summed E-state index contributed by atoms with van der Waals surface area (Å²) >= 11 is 0. The molecule has 2 fully saturated rings. The average Bonchev–Trinajstić information content (AvgIpc) is 3.27. The fraction of sp³-hybridized carbons (Fsp3) is 0.476. The van der Waals surface area contributed by atoms with Crippen molar-refractivity contribution in [3.05, 3.63) is 35.9 Å². The molecule has 7 nitrogen and oxygen atoms in total. The van der Waals surface area contributed by atoms with Crippen LogP contribution in [0, 0.1) is 0 Å². The van der Waals surface area contributed by atoms with Crippen molar-refractivity contribution in [2.45, 2.75) is 31.7 Å². The van der Waals surface area contributed by atoms with Crippen molar-refractivity contribution in [3.63, 3.8) is 0 Å². The second-order valence-corrected chi connectivity index (χ2v) is 7.48. The molecule has 7 heteroatoms. The fourth-order valence-electron chi connectivity index (χ4n) is 4.10. The first-order valence-corrected chi connectivity index (χ1v) is 9.94. The molecule has 28 heavy (non-hydrogen) atoms. The van der Waals surface area contributed by atoms with Crippen LogP contribution in [-0.2, 0) is 4.74 Å². The van der Waals surface area contributed by atoms with Crippen LogP contribution >= 0.6 is 0 Å². The molecule has 1 N–H and O–H groups in total. The van der Waals surface area contributed by atoms with E-state index in [2.05, 4.69) is 10.2 Å². The van der Waals surface area contributed by atoms with Gasteiger partial charge in [-0.15, -0.1) is 0 Å². The van der Waals surface area contributed by atoms with Gasteiger partial charge in [0.1, 0.15) is 5.82 Å². The Kier molecular flexibility index (Phi) is 5.32. The Labute approximate surface area is 164 Å². The summed E-state index contributed by atoms with van der Waals surface area (Å²) in [7, 11) is 1.38. The summed E-state index contributed by atoms with van der Waals surface area (Å²) in [5.74, 6) is 0.631. The second kappa shape index (κ2) is 8.04. The molecule has 3 heterocycles. The zero-order valence-corrected chi connectivity index (χ0v) is 16.2. The number of rotatable bonds is 3. The molecule has 0 unspecified atom stereocenters. The van der Waals surface area contributed by atoms with E-state index in [-0.39, 0.29) is 18.0 Å². The van der Waals surface area contributed by atoms with Gasteiger partial charge in [-0.25, -0.2) is 9.78 Å². The Morgan fingerprint density at radius 2 is 1.93 bits per heavy atom. The lowest BCUT2D eigenvalue weighted by Gasteiger charge is -2.32. The van der Waals surface area contributed by atoms with E-state index in [1.165, 1.54) is 7.11 Å². The van der Waals surface area contributed by atoms with Crippen LogP contribution in [-0.4, -0.2) is 61.2 Å². The zero-order valence-electron chi connectivity index (χ0n) is 16.2. The molecule has 2 aliphatic rings. The number of carbonyl (C=O) groups excluding carboxylic acids is 2. The summed E-state index contributed by atoms with van der Waals surface area (Å²) in [5.41, 5.74) is 1.51. The maximum Gasteiger partial charge on any atom is 0.409 e. The number of hydrogen-bond acceptors (Lipinski definition) is 5.